The van der Waals surface area contributed by atoms with E-state index in [1.807, 2.05) is 31.2 Å². The summed E-state index contributed by atoms with van der Waals surface area (Å²) in [6, 6.07) is 7.80. The van der Waals surface area contributed by atoms with Crippen LogP contribution in [0.2, 0.25) is 0 Å². The molecule has 0 saturated heterocycles. The van der Waals surface area contributed by atoms with Gasteiger partial charge >= 0.3 is 0 Å². The van der Waals surface area contributed by atoms with Crippen LogP contribution in [0, 0.1) is 6.92 Å². The first-order valence-corrected chi connectivity index (χ1v) is 6.95. The Kier molecular flexibility index (Phi) is 4.14. The highest BCUT2D eigenvalue weighted by atomic mass is 16.1. The zero-order valence-electron chi connectivity index (χ0n) is 13.0. The Morgan fingerprint density at radius 3 is 2.43 bits per heavy atom. The Hall–Kier alpha value is -2.14. The zero-order valence-corrected chi connectivity index (χ0v) is 13.0. The molecule has 0 aliphatic carbocycles. The van der Waals surface area contributed by atoms with Gasteiger partial charge in [0.2, 0.25) is 0 Å². The van der Waals surface area contributed by atoms with E-state index in [9.17, 15) is 4.79 Å². The number of rotatable bonds is 4. The van der Waals surface area contributed by atoms with Crippen molar-refractivity contribution in [2.24, 2.45) is 12.8 Å². The van der Waals surface area contributed by atoms with Crippen molar-refractivity contribution in [3.63, 3.8) is 0 Å². The van der Waals surface area contributed by atoms with E-state index < -0.39 is 0 Å². The summed E-state index contributed by atoms with van der Waals surface area (Å²) < 4.78 is 1.64. The monoisotopic (exact) mass is 286 g/mol. The number of amides is 1. The molecule has 3 N–H and O–H groups in total. The maximum Gasteiger partial charge on any atom is 0.259 e. The number of hydrogen-bond acceptors (Lipinski definition) is 3. The Morgan fingerprint density at radius 2 is 1.95 bits per heavy atom. The van der Waals surface area contributed by atoms with Crippen molar-refractivity contribution >= 4 is 11.6 Å². The number of nitrogens with zero attached hydrogens (tertiary/aromatic N) is 2. The fraction of sp³-hybridized carbons (Fsp3) is 0.375. The third kappa shape index (κ3) is 3.31. The van der Waals surface area contributed by atoms with E-state index in [-0.39, 0.29) is 11.3 Å². The van der Waals surface area contributed by atoms with Crippen molar-refractivity contribution in [2.75, 3.05) is 11.9 Å². The van der Waals surface area contributed by atoms with Crippen LogP contribution in [-0.4, -0.2) is 22.2 Å². The quantitative estimate of drug-likeness (QED) is 0.905. The molecular formula is C16H22N4O. The molecule has 2 rings (SSSR count). The maximum atomic E-state index is 12.2. The summed E-state index contributed by atoms with van der Waals surface area (Å²) in [4.78, 5) is 12.2. The second-order valence-corrected chi connectivity index (χ2v) is 5.92. The number of carbonyl (C=O) groups excluding carboxylic acids is 1. The van der Waals surface area contributed by atoms with Crippen molar-refractivity contribution in [2.45, 2.75) is 26.2 Å². The van der Waals surface area contributed by atoms with Crippen molar-refractivity contribution in [3.05, 3.63) is 47.3 Å². The molecule has 1 aromatic heterocycles. The van der Waals surface area contributed by atoms with Crippen molar-refractivity contribution in [3.8, 4) is 0 Å². The highest BCUT2D eigenvalue weighted by molar-refractivity contribution is 6.04. The highest BCUT2D eigenvalue weighted by Crippen LogP contribution is 2.23. The zero-order chi connectivity index (χ0) is 15.6. The van der Waals surface area contributed by atoms with E-state index in [0.717, 1.165) is 16.9 Å². The minimum absolute atomic E-state index is 0.0670. The average molecular weight is 286 g/mol. The van der Waals surface area contributed by atoms with Crippen LogP contribution in [-0.2, 0) is 12.5 Å². The van der Waals surface area contributed by atoms with Gasteiger partial charge in [-0.15, -0.1) is 0 Å². The summed E-state index contributed by atoms with van der Waals surface area (Å²) in [5.74, 6) is -0.147. The van der Waals surface area contributed by atoms with Crippen LogP contribution >= 0.6 is 0 Å². The molecule has 2 aromatic rings. The minimum atomic E-state index is -0.147. The number of nitrogens with one attached hydrogen (secondary N) is 1. The number of nitrogens with two attached hydrogens (primary N) is 1. The highest BCUT2D eigenvalue weighted by Gasteiger charge is 2.18. The molecule has 0 bridgehead atoms. The first kappa shape index (κ1) is 15.3. The predicted molar refractivity (Wildman–Crippen MR) is 84.4 cm³/mol. The summed E-state index contributed by atoms with van der Waals surface area (Å²) in [5.41, 5.74) is 8.93. The molecule has 0 radical (unpaired) electrons. The van der Waals surface area contributed by atoms with Crippen LogP contribution in [0.5, 0.6) is 0 Å². The van der Waals surface area contributed by atoms with E-state index in [1.54, 1.807) is 17.9 Å². The van der Waals surface area contributed by atoms with E-state index in [2.05, 4.69) is 24.3 Å². The van der Waals surface area contributed by atoms with Gasteiger partial charge in [-0.05, 0) is 24.6 Å². The van der Waals surface area contributed by atoms with E-state index in [4.69, 9.17) is 5.73 Å². The Balaban J connectivity index is 2.14. The number of aromatic nitrogens is 2. The first-order chi connectivity index (χ1) is 9.83. The SMILES string of the molecule is Cc1nn(C)cc1C(=O)Nc1ccc(C(C)(C)CN)cc1. The summed E-state index contributed by atoms with van der Waals surface area (Å²) in [7, 11) is 1.80. The number of aryl methyl sites for hydroxylation is 2. The first-order valence-electron chi connectivity index (χ1n) is 6.95. The number of benzene rings is 1. The van der Waals surface area contributed by atoms with E-state index in [1.165, 1.54) is 0 Å². The second-order valence-electron chi connectivity index (χ2n) is 5.92. The molecule has 1 amide bonds. The summed E-state index contributed by atoms with van der Waals surface area (Å²) in [5, 5.41) is 7.06. The van der Waals surface area contributed by atoms with Gasteiger partial charge in [0, 0.05) is 30.9 Å². The predicted octanol–water partition coefficient (Wildman–Crippen LogP) is 2.22. The van der Waals surface area contributed by atoms with Gasteiger partial charge < -0.3 is 11.1 Å². The molecule has 5 heteroatoms. The normalized spacial score (nSPS) is 11.5. The molecule has 1 aromatic carbocycles. The molecule has 1 heterocycles. The Labute approximate surface area is 125 Å². The van der Waals surface area contributed by atoms with Crippen molar-refractivity contribution < 1.29 is 4.79 Å². The Morgan fingerprint density at radius 1 is 1.33 bits per heavy atom. The van der Waals surface area contributed by atoms with Crippen LogP contribution in [0.4, 0.5) is 5.69 Å². The summed E-state index contributed by atoms with van der Waals surface area (Å²) in [6.45, 7) is 6.59. The van der Waals surface area contributed by atoms with Gasteiger partial charge in [0.25, 0.3) is 5.91 Å². The lowest BCUT2D eigenvalue weighted by Gasteiger charge is -2.23. The van der Waals surface area contributed by atoms with Gasteiger partial charge in [-0.3, -0.25) is 9.48 Å². The third-order valence-electron chi connectivity index (χ3n) is 3.69. The molecule has 5 nitrogen and oxygen atoms in total. The molecule has 21 heavy (non-hydrogen) atoms. The van der Waals surface area contributed by atoms with Crippen LogP contribution in [0.1, 0.15) is 35.5 Å². The number of anilines is 1. The molecular weight excluding hydrogens is 264 g/mol. The summed E-state index contributed by atoms with van der Waals surface area (Å²) in [6.07, 6.45) is 1.72. The molecule has 0 atom stereocenters. The van der Waals surface area contributed by atoms with Gasteiger partial charge in [0.05, 0.1) is 11.3 Å². The average Bonchev–Trinajstić information content (AvgIpc) is 2.78. The van der Waals surface area contributed by atoms with Gasteiger partial charge in [0.1, 0.15) is 0 Å². The lowest BCUT2D eigenvalue weighted by molar-refractivity contribution is 0.102. The lowest BCUT2D eigenvalue weighted by atomic mass is 9.85. The topological polar surface area (TPSA) is 72.9 Å². The minimum Gasteiger partial charge on any atom is -0.330 e. The lowest BCUT2D eigenvalue weighted by Crippen LogP contribution is -2.27. The fourth-order valence-electron chi connectivity index (χ4n) is 2.14. The number of hydrogen-bond donors (Lipinski definition) is 2. The van der Waals surface area contributed by atoms with Gasteiger partial charge in [-0.1, -0.05) is 26.0 Å². The molecule has 0 fully saturated rings. The van der Waals surface area contributed by atoms with Gasteiger partial charge in [-0.25, -0.2) is 0 Å². The van der Waals surface area contributed by atoms with Crippen LogP contribution < -0.4 is 11.1 Å². The maximum absolute atomic E-state index is 12.2. The molecule has 0 aliphatic rings. The van der Waals surface area contributed by atoms with Crippen molar-refractivity contribution in [1.82, 2.24) is 9.78 Å². The van der Waals surface area contributed by atoms with Crippen LogP contribution in [0.15, 0.2) is 30.5 Å². The number of carbonyl (C=O) groups is 1. The van der Waals surface area contributed by atoms with Crippen LogP contribution in [0.25, 0.3) is 0 Å². The largest absolute Gasteiger partial charge is 0.330 e. The molecule has 0 saturated carbocycles. The molecule has 112 valence electrons. The molecule has 0 spiro atoms. The standard InChI is InChI=1S/C16H22N4O/c1-11-14(9-20(4)19-11)15(21)18-13-7-5-12(6-8-13)16(2,3)10-17/h5-9H,10,17H2,1-4H3,(H,18,21). The van der Waals surface area contributed by atoms with Gasteiger partial charge in [-0.2, -0.15) is 5.10 Å². The fourth-order valence-corrected chi connectivity index (χ4v) is 2.14. The Bertz CT molecular complexity index is 641. The summed E-state index contributed by atoms with van der Waals surface area (Å²) >= 11 is 0. The van der Waals surface area contributed by atoms with E-state index in [0.29, 0.717) is 12.1 Å². The van der Waals surface area contributed by atoms with E-state index >= 15 is 0 Å². The van der Waals surface area contributed by atoms with Crippen molar-refractivity contribution in [1.29, 1.82) is 0 Å². The third-order valence-corrected chi connectivity index (χ3v) is 3.69. The molecule has 0 aliphatic heterocycles. The smallest absolute Gasteiger partial charge is 0.259 e. The van der Waals surface area contributed by atoms with Crippen LogP contribution in [0.3, 0.4) is 0 Å². The van der Waals surface area contributed by atoms with Gasteiger partial charge in [0.15, 0.2) is 0 Å². The molecule has 0 unspecified atom stereocenters. The second kappa shape index (κ2) is 5.69.